The summed E-state index contributed by atoms with van der Waals surface area (Å²) in [6.45, 7) is 4.39. The van der Waals surface area contributed by atoms with Crippen LogP contribution in [0.15, 0.2) is 6.07 Å². The summed E-state index contributed by atoms with van der Waals surface area (Å²) in [6.07, 6.45) is 4.85. The summed E-state index contributed by atoms with van der Waals surface area (Å²) in [6, 6.07) is 2.24. The smallest absolute Gasteiger partial charge is 0.201 e. The Hall–Kier alpha value is -0.580. The Morgan fingerprint density at radius 2 is 2.00 bits per heavy atom. The molecule has 0 spiro atoms. The van der Waals surface area contributed by atoms with Gasteiger partial charge < -0.3 is 10.2 Å². The minimum atomic E-state index is 1.09. The molecule has 0 atom stereocenters. The number of thiophene rings is 1. The zero-order chi connectivity index (χ0) is 10.8. The van der Waals surface area contributed by atoms with E-state index in [1.54, 1.807) is 0 Å². The third kappa shape index (κ3) is 2.24. The van der Waals surface area contributed by atoms with Crippen LogP contribution in [0.2, 0.25) is 0 Å². The van der Waals surface area contributed by atoms with Crippen molar-refractivity contribution in [1.82, 2.24) is 10.4 Å². The molecule has 0 saturated carbocycles. The van der Waals surface area contributed by atoms with Crippen molar-refractivity contribution in [3.05, 3.63) is 16.5 Å². The number of hydrogen-bond acceptors (Lipinski definition) is 4. The molecular formula is C12H18N2OS. The van der Waals surface area contributed by atoms with E-state index in [-0.39, 0.29) is 0 Å². The molecule has 1 saturated heterocycles. The second kappa shape index (κ2) is 4.73. The number of nitrogens with zero attached hydrogens (tertiary/aromatic N) is 1. The summed E-state index contributed by atoms with van der Waals surface area (Å²) in [4.78, 5) is 7.41. The third-order valence-electron chi connectivity index (χ3n) is 3.26. The molecule has 3 nitrogen and oxygen atoms in total. The van der Waals surface area contributed by atoms with Crippen LogP contribution in [0.1, 0.15) is 23.3 Å². The summed E-state index contributed by atoms with van der Waals surface area (Å²) < 4.78 is 0. The molecule has 1 aromatic rings. The van der Waals surface area contributed by atoms with Gasteiger partial charge in [0.25, 0.3) is 0 Å². The molecule has 0 amide bonds. The van der Waals surface area contributed by atoms with E-state index in [1.807, 2.05) is 11.3 Å². The van der Waals surface area contributed by atoms with Crippen LogP contribution in [0.4, 0.5) is 0 Å². The number of nitrogens with one attached hydrogen (secondary N) is 1. The lowest BCUT2D eigenvalue weighted by Crippen LogP contribution is -2.22. The fraction of sp³-hybridized carbons (Fsp3) is 0.667. The van der Waals surface area contributed by atoms with Crippen molar-refractivity contribution in [2.75, 3.05) is 26.2 Å². The Bertz CT molecular complexity index is 334. The van der Waals surface area contributed by atoms with Crippen LogP contribution in [0.3, 0.4) is 0 Å². The Morgan fingerprint density at radius 3 is 2.88 bits per heavy atom. The molecule has 3 rings (SSSR count). The first-order chi connectivity index (χ1) is 7.92. The summed E-state index contributed by atoms with van der Waals surface area (Å²) in [5.74, 6) is 0. The second-order valence-corrected chi connectivity index (χ2v) is 5.59. The van der Waals surface area contributed by atoms with Crippen LogP contribution in [0.5, 0.6) is 5.06 Å². The molecule has 88 valence electrons. The van der Waals surface area contributed by atoms with Gasteiger partial charge in [0, 0.05) is 18.0 Å². The van der Waals surface area contributed by atoms with E-state index >= 15 is 0 Å². The highest BCUT2D eigenvalue weighted by molar-refractivity contribution is 7.14. The van der Waals surface area contributed by atoms with E-state index in [4.69, 9.17) is 4.84 Å². The molecule has 2 aliphatic rings. The molecule has 0 radical (unpaired) electrons. The molecule has 1 fully saturated rings. The van der Waals surface area contributed by atoms with Crippen molar-refractivity contribution in [3.63, 3.8) is 0 Å². The lowest BCUT2D eigenvalue weighted by molar-refractivity contribution is -0.0306. The molecule has 0 aromatic carbocycles. The standard InChI is InChI=1S/C12H18N2OS/c1-2-8-14(7-1)15-12-9-10-3-5-13-6-4-11(10)16-12/h9,13H,1-8H2. The molecular weight excluding hydrogens is 220 g/mol. The minimum absolute atomic E-state index is 1.09. The normalized spacial score (nSPS) is 21.8. The van der Waals surface area contributed by atoms with E-state index < -0.39 is 0 Å². The Morgan fingerprint density at radius 1 is 1.19 bits per heavy atom. The van der Waals surface area contributed by atoms with Crippen molar-refractivity contribution in [3.8, 4) is 5.06 Å². The second-order valence-electron chi connectivity index (χ2n) is 4.49. The Balaban J connectivity index is 1.71. The molecule has 1 aromatic heterocycles. The maximum absolute atomic E-state index is 5.90. The van der Waals surface area contributed by atoms with Crippen LogP contribution in [-0.4, -0.2) is 31.2 Å². The van der Waals surface area contributed by atoms with Gasteiger partial charge >= 0.3 is 0 Å². The molecule has 4 heteroatoms. The van der Waals surface area contributed by atoms with Crippen molar-refractivity contribution in [2.45, 2.75) is 25.7 Å². The lowest BCUT2D eigenvalue weighted by atomic mass is 10.2. The van der Waals surface area contributed by atoms with Gasteiger partial charge in [-0.2, -0.15) is 0 Å². The summed E-state index contributed by atoms with van der Waals surface area (Å²) in [5, 5.41) is 6.62. The Labute approximate surface area is 100 Å². The molecule has 2 aliphatic heterocycles. The van der Waals surface area contributed by atoms with Crippen molar-refractivity contribution >= 4 is 11.3 Å². The first kappa shape index (κ1) is 10.6. The average Bonchev–Trinajstić information content (AvgIpc) is 2.86. The van der Waals surface area contributed by atoms with E-state index in [0.717, 1.165) is 44.1 Å². The fourth-order valence-corrected chi connectivity index (χ4v) is 3.45. The lowest BCUT2D eigenvalue weighted by Gasteiger charge is -2.13. The van der Waals surface area contributed by atoms with Gasteiger partial charge in [0.15, 0.2) is 0 Å². The van der Waals surface area contributed by atoms with Gasteiger partial charge in [-0.25, -0.2) is 0 Å². The third-order valence-corrected chi connectivity index (χ3v) is 4.36. The molecule has 3 heterocycles. The maximum Gasteiger partial charge on any atom is 0.201 e. The predicted molar refractivity (Wildman–Crippen MR) is 66.0 cm³/mol. The van der Waals surface area contributed by atoms with Crippen LogP contribution >= 0.6 is 11.3 Å². The predicted octanol–water partition coefficient (Wildman–Crippen LogP) is 1.83. The monoisotopic (exact) mass is 238 g/mol. The molecule has 16 heavy (non-hydrogen) atoms. The zero-order valence-corrected chi connectivity index (χ0v) is 10.3. The minimum Gasteiger partial charge on any atom is -0.395 e. The number of hydrogen-bond donors (Lipinski definition) is 1. The van der Waals surface area contributed by atoms with Gasteiger partial charge in [0.05, 0.1) is 0 Å². The van der Waals surface area contributed by atoms with Crippen LogP contribution in [-0.2, 0) is 12.8 Å². The van der Waals surface area contributed by atoms with Gasteiger partial charge in [0.2, 0.25) is 5.06 Å². The summed E-state index contributed by atoms with van der Waals surface area (Å²) >= 11 is 1.83. The first-order valence-electron chi connectivity index (χ1n) is 6.17. The van der Waals surface area contributed by atoms with Gasteiger partial charge in [-0.3, -0.25) is 0 Å². The van der Waals surface area contributed by atoms with E-state index in [1.165, 1.54) is 23.3 Å². The maximum atomic E-state index is 5.90. The highest BCUT2D eigenvalue weighted by Gasteiger charge is 2.17. The topological polar surface area (TPSA) is 24.5 Å². The highest BCUT2D eigenvalue weighted by atomic mass is 32.1. The first-order valence-corrected chi connectivity index (χ1v) is 6.99. The van der Waals surface area contributed by atoms with Crippen molar-refractivity contribution in [2.24, 2.45) is 0 Å². The van der Waals surface area contributed by atoms with Crippen LogP contribution < -0.4 is 10.2 Å². The van der Waals surface area contributed by atoms with Gasteiger partial charge in [-0.15, -0.1) is 16.4 Å². The summed E-state index contributed by atoms with van der Waals surface area (Å²) in [7, 11) is 0. The van der Waals surface area contributed by atoms with E-state index in [2.05, 4.69) is 16.4 Å². The zero-order valence-electron chi connectivity index (χ0n) is 9.50. The molecule has 0 unspecified atom stereocenters. The van der Waals surface area contributed by atoms with Crippen molar-refractivity contribution < 1.29 is 4.84 Å². The quantitative estimate of drug-likeness (QED) is 0.850. The average molecular weight is 238 g/mol. The molecule has 0 aliphatic carbocycles. The number of fused-ring (bicyclic) bond motifs is 1. The summed E-state index contributed by atoms with van der Waals surface area (Å²) in [5.41, 5.74) is 1.49. The fourth-order valence-electron chi connectivity index (χ4n) is 2.36. The van der Waals surface area contributed by atoms with E-state index in [0.29, 0.717) is 0 Å². The van der Waals surface area contributed by atoms with Crippen LogP contribution in [0, 0.1) is 0 Å². The Kier molecular flexibility index (Phi) is 3.13. The van der Waals surface area contributed by atoms with Crippen LogP contribution in [0.25, 0.3) is 0 Å². The van der Waals surface area contributed by atoms with Gasteiger partial charge in [-0.05, 0) is 50.4 Å². The van der Waals surface area contributed by atoms with Gasteiger partial charge in [-0.1, -0.05) is 0 Å². The largest absolute Gasteiger partial charge is 0.395 e. The SMILES string of the molecule is c1c(ON2CCCC2)sc2c1CCNCC2. The number of rotatable bonds is 2. The van der Waals surface area contributed by atoms with Gasteiger partial charge in [0.1, 0.15) is 0 Å². The number of hydroxylamine groups is 2. The molecule has 1 N–H and O–H groups in total. The highest BCUT2D eigenvalue weighted by Crippen LogP contribution is 2.31. The van der Waals surface area contributed by atoms with Crippen molar-refractivity contribution in [1.29, 1.82) is 0 Å². The molecule has 0 bridgehead atoms. The van der Waals surface area contributed by atoms with E-state index in [9.17, 15) is 0 Å².